The number of rotatable bonds is 3. The molecule has 0 bridgehead atoms. The minimum atomic E-state index is -0.0156. The molecule has 0 amide bonds. The van der Waals surface area contributed by atoms with E-state index in [0.29, 0.717) is 12.0 Å². The van der Waals surface area contributed by atoms with E-state index in [4.69, 9.17) is 4.74 Å². The van der Waals surface area contributed by atoms with Crippen molar-refractivity contribution in [3.63, 3.8) is 0 Å². The van der Waals surface area contributed by atoms with E-state index >= 15 is 0 Å². The van der Waals surface area contributed by atoms with Crippen molar-refractivity contribution in [1.29, 1.82) is 0 Å². The number of carbonyl (C=O) groups excluding carboxylic acids is 1. The van der Waals surface area contributed by atoms with E-state index in [2.05, 4.69) is 19.2 Å². The van der Waals surface area contributed by atoms with E-state index in [1.165, 1.54) is 12.8 Å². The van der Waals surface area contributed by atoms with Crippen LogP contribution in [0.3, 0.4) is 0 Å². The molecule has 2 atom stereocenters. The number of esters is 1. The zero-order chi connectivity index (χ0) is 11.1. The minimum Gasteiger partial charge on any atom is -0.466 e. The normalized spacial score (nSPS) is 37.7. The Hall–Kier alpha value is -0.570. The summed E-state index contributed by atoms with van der Waals surface area (Å²) in [5, 5.41) is 3.35. The van der Waals surface area contributed by atoms with Gasteiger partial charge < -0.3 is 10.1 Å². The zero-order valence-electron chi connectivity index (χ0n) is 9.93. The van der Waals surface area contributed by atoms with Gasteiger partial charge in [0.25, 0.3) is 0 Å². The summed E-state index contributed by atoms with van der Waals surface area (Å²) in [6.45, 7) is 8.63. The van der Waals surface area contributed by atoms with Crippen molar-refractivity contribution in [3.05, 3.63) is 0 Å². The van der Waals surface area contributed by atoms with Crippen molar-refractivity contribution in [3.8, 4) is 0 Å². The molecule has 1 heterocycles. The molecule has 1 N–H and O–H groups in total. The summed E-state index contributed by atoms with van der Waals surface area (Å²) in [7, 11) is 0. The van der Waals surface area contributed by atoms with E-state index < -0.39 is 0 Å². The number of hydrogen-bond acceptors (Lipinski definition) is 3. The third kappa shape index (κ3) is 1.57. The lowest BCUT2D eigenvalue weighted by atomic mass is 9.68. The molecule has 1 saturated heterocycles. The number of hydrogen-bond donors (Lipinski definition) is 1. The van der Waals surface area contributed by atoms with Crippen molar-refractivity contribution in [2.45, 2.75) is 33.6 Å². The molecule has 0 radical (unpaired) electrons. The van der Waals surface area contributed by atoms with Crippen LogP contribution in [0.1, 0.15) is 33.6 Å². The first-order valence-corrected chi connectivity index (χ1v) is 5.91. The summed E-state index contributed by atoms with van der Waals surface area (Å²) >= 11 is 0. The third-order valence-electron chi connectivity index (χ3n) is 4.56. The van der Waals surface area contributed by atoms with Crippen LogP contribution in [0.25, 0.3) is 0 Å². The first-order chi connectivity index (χ1) is 7.03. The topological polar surface area (TPSA) is 38.3 Å². The number of nitrogens with one attached hydrogen (secondary N) is 1. The van der Waals surface area contributed by atoms with Gasteiger partial charge in [-0.05, 0) is 30.6 Å². The van der Waals surface area contributed by atoms with E-state index in [0.717, 1.165) is 13.1 Å². The molecule has 2 unspecified atom stereocenters. The van der Waals surface area contributed by atoms with Crippen LogP contribution in [-0.2, 0) is 9.53 Å². The monoisotopic (exact) mass is 211 g/mol. The summed E-state index contributed by atoms with van der Waals surface area (Å²) in [5.74, 6) is 0.0306. The first kappa shape index (κ1) is 10.9. The fraction of sp³-hybridized carbons (Fsp3) is 0.917. The molecule has 1 aliphatic heterocycles. The van der Waals surface area contributed by atoms with Crippen molar-refractivity contribution in [1.82, 2.24) is 5.32 Å². The lowest BCUT2D eigenvalue weighted by Crippen LogP contribution is -2.39. The molecule has 0 aromatic rings. The van der Waals surface area contributed by atoms with Gasteiger partial charge in [-0.3, -0.25) is 4.79 Å². The Morgan fingerprint density at radius 3 is 2.67 bits per heavy atom. The Morgan fingerprint density at radius 2 is 2.13 bits per heavy atom. The standard InChI is InChI=1S/C12H21NO2/c1-4-15-10(14)9-7-13-8-12(9,3)11(2)5-6-11/h9,13H,4-8H2,1-3H3. The summed E-state index contributed by atoms with van der Waals surface area (Å²) < 4.78 is 5.17. The van der Waals surface area contributed by atoms with Crippen molar-refractivity contribution in [2.24, 2.45) is 16.7 Å². The van der Waals surface area contributed by atoms with Crippen LogP contribution in [-0.4, -0.2) is 25.7 Å². The van der Waals surface area contributed by atoms with Crippen LogP contribution in [0.2, 0.25) is 0 Å². The highest BCUT2D eigenvalue weighted by atomic mass is 16.5. The van der Waals surface area contributed by atoms with Gasteiger partial charge in [0.2, 0.25) is 0 Å². The van der Waals surface area contributed by atoms with Crippen LogP contribution in [0.5, 0.6) is 0 Å². The van der Waals surface area contributed by atoms with E-state index in [9.17, 15) is 4.79 Å². The smallest absolute Gasteiger partial charge is 0.310 e. The van der Waals surface area contributed by atoms with Gasteiger partial charge in [-0.2, -0.15) is 0 Å². The lowest BCUT2D eigenvalue weighted by Gasteiger charge is -2.35. The molecule has 0 spiro atoms. The molecule has 2 aliphatic rings. The first-order valence-electron chi connectivity index (χ1n) is 5.91. The average Bonchev–Trinajstić information content (AvgIpc) is 2.80. The van der Waals surface area contributed by atoms with Gasteiger partial charge in [-0.25, -0.2) is 0 Å². The maximum Gasteiger partial charge on any atom is 0.310 e. The summed E-state index contributed by atoms with van der Waals surface area (Å²) in [6.07, 6.45) is 2.50. The highest BCUT2D eigenvalue weighted by Crippen LogP contribution is 2.62. The Labute approximate surface area is 91.6 Å². The molecule has 2 fully saturated rings. The van der Waals surface area contributed by atoms with Gasteiger partial charge >= 0.3 is 5.97 Å². The van der Waals surface area contributed by atoms with Gasteiger partial charge in [0, 0.05) is 13.1 Å². The highest BCUT2D eigenvalue weighted by Gasteiger charge is 2.60. The molecule has 86 valence electrons. The van der Waals surface area contributed by atoms with Crippen molar-refractivity contribution >= 4 is 5.97 Å². The van der Waals surface area contributed by atoms with Gasteiger partial charge in [-0.1, -0.05) is 13.8 Å². The Balaban J connectivity index is 2.14. The largest absolute Gasteiger partial charge is 0.466 e. The van der Waals surface area contributed by atoms with Crippen LogP contribution >= 0.6 is 0 Å². The molecule has 3 nitrogen and oxygen atoms in total. The van der Waals surface area contributed by atoms with Crippen LogP contribution in [0.15, 0.2) is 0 Å². The molecule has 1 saturated carbocycles. The summed E-state index contributed by atoms with van der Waals surface area (Å²) in [5.41, 5.74) is 0.452. The van der Waals surface area contributed by atoms with Gasteiger partial charge in [0.1, 0.15) is 0 Å². The maximum absolute atomic E-state index is 11.9. The van der Waals surface area contributed by atoms with Gasteiger partial charge in [0.15, 0.2) is 0 Å². The molecule has 2 rings (SSSR count). The van der Waals surface area contributed by atoms with E-state index in [-0.39, 0.29) is 17.3 Å². The second kappa shape index (κ2) is 3.48. The summed E-state index contributed by atoms with van der Waals surface area (Å²) in [4.78, 5) is 11.9. The molecule has 1 aliphatic carbocycles. The molecular weight excluding hydrogens is 190 g/mol. The second-order valence-corrected chi connectivity index (χ2v) is 5.41. The highest BCUT2D eigenvalue weighted by molar-refractivity contribution is 5.74. The molecule has 0 aromatic heterocycles. The Kier molecular flexibility index (Phi) is 2.53. The van der Waals surface area contributed by atoms with E-state index in [1.54, 1.807) is 0 Å². The zero-order valence-corrected chi connectivity index (χ0v) is 9.93. The SMILES string of the molecule is CCOC(=O)C1CNCC1(C)C1(C)CC1. The average molecular weight is 211 g/mol. The Bertz CT molecular complexity index is 273. The quantitative estimate of drug-likeness (QED) is 0.720. The van der Waals surface area contributed by atoms with Gasteiger partial charge in [0.05, 0.1) is 12.5 Å². The maximum atomic E-state index is 11.9. The minimum absolute atomic E-state index is 0.0156. The molecular formula is C12H21NO2. The fourth-order valence-electron chi connectivity index (χ4n) is 2.80. The number of carbonyl (C=O) groups is 1. The molecule has 0 aromatic carbocycles. The third-order valence-corrected chi connectivity index (χ3v) is 4.56. The number of ether oxygens (including phenoxy) is 1. The Morgan fingerprint density at radius 1 is 1.47 bits per heavy atom. The van der Waals surface area contributed by atoms with Crippen LogP contribution < -0.4 is 5.32 Å². The summed E-state index contributed by atoms with van der Waals surface area (Å²) in [6, 6.07) is 0. The fourth-order valence-corrected chi connectivity index (χ4v) is 2.80. The van der Waals surface area contributed by atoms with Crippen molar-refractivity contribution < 1.29 is 9.53 Å². The lowest BCUT2D eigenvalue weighted by molar-refractivity contribution is -0.152. The molecule has 15 heavy (non-hydrogen) atoms. The van der Waals surface area contributed by atoms with E-state index in [1.807, 2.05) is 6.92 Å². The van der Waals surface area contributed by atoms with Crippen LogP contribution in [0, 0.1) is 16.7 Å². The van der Waals surface area contributed by atoms with Crippen LogP contribution in [0.4, 0.5) is 0 Å². The predicted molar refractivity (Wildman–Crippen MR) is 58.4 cm³/mol. The molecule has 3 heteroatoms. The predicted octanol–water partition coefficient (Wildman–Crippen LogP) is 1.58. The second-order valence-electron chi connectivity index (χ2n) is 5.41. The van der Waals surface area contributed by atoms with Crippen molar-refractivity contribution in [2.75, 3.05) is 19.7 Å². The van der Waals surface area contributed by atoms with Gasteiger partial charge in [-0.15, -0.1) is 0 Å².